The highest BCUT2D eigenvalue weighted by Crippen LogP contribution is 2.24. The van der Waals surface area contributed by atoms with Crippen LogP contribution < -0.4 is 16.0 Å². The van der Waals surface area contributed by atoms with E-state index in [0.29, 0.717) is 24.0 Å². The summed E-state index contributed by atoms with van der Waals surface area (Å²) in [6.45, 7) is 4.62. The second-order valence-corrected chi connectivity index (χ2v) is 10.5. The van der Waals surface area contributed by atoms with Gasteiger partial charge < -0.3 is 15.5 Å². The summed E-state index contributed by atoms with van der Waals surface area (Å²) in [6, 6.07) is 14.9. The Hall–Kier alpha value is -3.87. The Bertz CT molecular complexity index is 1370. The molecular weight excluding hydrogens is 500 g/mol. The molecule has 0 aliphatic heterocycles. The fraction of sp³-hybridized carbons (Fsp3) is 0.424. The average Bonchev–Trinajstić information content (AvgIpc) is 3.35. The largest absolute Gasteiger partial charge is 0.497 e. The van der Waals surface area contributed by atoms with Gasteiger partial charge in [-0.3, -0.25) is 14.3 Å². The van der Waals surface area contributed by atoms with Gasteiger partial charge in [-0.25, -0.2) is 0 Å². The first kappa shape index (κ1) is 30.7. The van der Waals surface area contributed by atoms with Crippen LogP contribution in [0.2, 0.25) is 0 Å². The molecule has 4 aromatic rings. The van der Waals surface area contributed by atoms with E-state index in [2.05, 4.69) is 17.0 Å². The van der Waals surface area contributed by atoms with Gasteiger partial charge in [0.15, 0.2) is 0 Å². The van der Waals surface area contributed by atoms with Crippen LogP contribution in [0, 0.1) is 5.92 Å². The smallest absolute Gasteiger partial charge is 0.255 e. The summed E-state index contributed by atoms with van der Waals surface area (Å²) < 4.78 is 6.94. The number of nitrogens with two attached hydrogens (primary N) is 1. The predicted molar refractivity (Wildman–Crippen MR) is 164 cm³/mol. The molecule has 0 unspecified atom stereocenters. The zero-order chi connectivity index (χ0) is 28.7. The Labute approximate surface area is 237 Å². The Morgan fingerprint density at radius 2 is 1.73 bits per heavy atom. The van der Waals surface area contributed by atoms with E-state index in [1.807, 2.05) is 41.2 Å². The van der Waals surface area contributed by atoms with Crippen molar-refractivity contribution in [1.29, 1.82) is 0 Å². The Balaban J connectivity index is 0.000000174. The highest BCUT2D eigenvalue weighted by molar-refractivity contribution is 5.84. The lowest BCUT2D eigenvalue weighted by Crippen LogP contribution is -2.04. The fourth-order valence-corrected chi connectivity index (χ4v) is 4.95. The van der Waals surface area contributed by atoms with E-state index in [9.17, 15) is 9.59 Å². The minimum atomic E-state index is -0.0764. The molecule has 5 rings (SSSR count). The van der Waals surface area contributed by atoms with Crippen molar-refractivity contribution in [2.45, 2.75) is 78.2 Å². The maximum absolute atomic E-state index is 11.2. The van der Waals surface area contributed by atoms with Gasteiger partial charge in [-0.2, -0.15) is 5.10 Å². The van der Waals surface area contributed by atoms with Gasteiger partial charge in [-0.05, 0) is 65.8 Å². The highest BCUT2D eigenvalue weighted by atomic mass is 16.5. The van der Waals surface area contributed by atoms with Crippen molar-refractivity contribution in [3.05, 3.63) is 88.6 Å². The van der Waals surface area contributed by atoms with Crippen molar-refractivity contribution in [1.82, 2.24) is 14.8 Å². The first-order valence-electron chi connectivity index (χ1n) is 14.4. The lowest BCUT2D eigenvalue weighted by Gasteiger charge is -2.17. The van der Waals surface area contributed by atoms with Crippen LogP contribution in [0.25, 0.3) is 10.8 Å². The molecule has 214 valence electrons. The van der Waals surface area contributed by atoms with Crippen LogP contribution in [0.1, 0.15) is 76.3 Å². The van der Waals surface area contributed by atoms with E-state index in [0.717, 1.165) is 28.2 Å². The standard InChI is InChI=1S/C14H16N2O2.C10H20.C9H8N2O/c1-11(17)7-13-8-15-16(10-13)9-12-3-5-14(18-2)6-4-12;1-2-10-8-6-4-3-5-7-9-10;10-7-1-2-8-6(5-7)3-4-11-9(8)12/h3-6,8,10H,7,9H2,1-2H3;10H,2-9H2,1H3;1-5H,10H2,(H,11,12). The number of benzene rings is 2. The van der Waals surface area contributed by atoms with Crippen LogP contribution in [-0.4, -0.2) is 27.7 Å². The van der Waals surface area contributed by atoms with E-state index in [1.165, 1.54) is 51.4 Å². The summed E-state index contributed by atoms with van der Waals surface area (Å²) >= 11 is 0. The Morgan fingerprint density at radius 3 is 2.38 bits per heavy atom. The van der Waals surface area contributed by atoms with E-state index in [4.69, 9.17) is 10.5 Å². The van der Waals surface area contributed by atoms with Crippen molar-refractivity contribution in [2.24, 2.45) is 5.92 Å². The van der Waals surface area contributed by atoms with Crippen molar-refractivity contribution in [2.75, 3.05) is 12.8 Å². The molecule has 40 heavy (non-hydrogen) atoms. The Morgan fingerprint density at radius 1 is 1.02 bits per heavy atom. The first-order valence-corrected chi connectivity index (χ1v) is 14.4. The molecular formula is C33H44N4O3. The molecule has 0 saturated heterocycles. The van der Waals surface area contributed by atoms with Crippen molar-refractivity contribution >= 4 is 22.2 Å². The molecule has 0 radical (unpaired) electrons. The number of carbonyl (C=O) groups excluding carboxylic acids is 1. The third kappa shape index (κ3) is 10.4. The minimum Gasteiger partial charge on any atom is -0.497 e. The molecule has 2 heterocycles. The van der Waals surface area contributed by atoms with Crippen molar-refractivity contribution < 1.29 is 9.53 Å². The molecule has 0 spiro atoms. The molecule has 0 amide bonds. The summed E-state index contributed by atoms with van der Waals surface area (Å²) in [6.07, 6.45) is 17.6. The van der Waals surface area contributed by atoms with E-state index in [1.54, 1.807) is 44.6 Å². The van der Waals surface area contributed by atoms with Crippen molar-refractivity contribution in [3.63, 3.8) is 0 Å². The summed E-state index contributed by atoms with van der Waals surface area (Å²) in [5.41, 5.74) is 8.26. The number of H-pyrrole nitrogens is 1. The summed E-state index contributed by atoms with van der Waals surface area (Å²) in [5.74, 6) is 2.07. The molecule has 2 aromatic carbocycles. The van der Waals surface area contributed by atoms with Gasteiger partial charge in [0, 0.05) is 29.9 Å². The molecule has 3 N–H and O–H groups in total. The normalized spacial score (nSPS) is 13.7. The second-order valence-electron chi connectivity index (χ2n) is 10.5. The van der Waals surface area contributed by atoms with Crippen molar-refractivity contribution in [3.8, 4) is 5.75 Å². The first-order chi connectivity index (χ1) is 19.4. The van der Waals surface area contributed by atoms with Crippen LogP contribution in [0.4, 0.5) is 5.69 Å². The summed E-state index contributed by atoms with van der Waals surface area (Å²) in [7, 11) is 1.65. The number of ether oxygens (including phenoxy) is 1. The maximum atomic E-state index is 11.2. The number of Topliss-reactive ketones (excluding diaryl/α,β-unsaturated/α-hetero) is 1. The van der Waals surface area contributed by atoms with Gasteiger partial charge in [-0.15, -0.1) is 0 Å². The maximum Gasteiger partial charge on any atom is 0.255 e. The number of nitrogens with one attached hydrogen (secondary N) is 1. The number of pyridine rings is 1. The van der Waals surface area contributed by atoms with Crippen LogP contribution >= 0.6 is 0 Å². The lowest BCUT2D eigenvalue weighted by molar-refractivity contribution is -0.116. The van der Waals surface area contributed by atoms with Crippen LogP contribution in [0.15, 0.2) is 71.9 Å². The molecule has 0 atom stereocenters. The van der Waals surface area contributed by atoms with Gasteiger partial charge in [0.1, 0.15) is 11.5 Å². The molecule has 7 nitrogen and oxygen atoms in total. The fourth-order valence-electron chi connectivity index (χ4n) is 4.95. The van der Waals surface area contributed by atoms with Gasteiger partial charge in [0.05, 0.1) is 19.9 Å². The van der Waals surface area contributed by atoms with Crippen LogP contribution in [-0.2, 0) is 17.8 Å². The third-order valence-electron chi connectivity index (χ3n) is 7.24. The van der Waals surface area contributed by atoms with Gasteiger partial charge in [0.25, 0.3) is 5.56 Å². The average molecular weight is 545 g/mol. The Kier molecular flexibility index (Phi) is 12.5. The molecule has 7 heteroatoms. The molecule has 2 aromatic heterocycles. The topological polar surface area (TPSA) is 103 Å². The van der Waals surface area contributed by atoms with Gasteiger partial charge in [0.2, 0.25) is 0 Å². The van der Waals surface area contributed by atoms with Crippen LogP contribution in [0.5, 0.6) is 5.75 Å². The number of carbonyl (C=O) groups is 1. The molecule has 1 aliphatic rings. The molecule has 1 fully saturated rings. The molecule has 1 aliphatic carbocycles. The highest BCUT2D eigenvalue weighted by Gasteiger charge is 2.08. The number of aromatic amines is 1. The van der Waals surface area contributed by atoms with Crippen LogP contribution in [0.3, 0.4) is 0 Å². The number of nitrogen functional groups attached to an aromatic ring is 1. The number of ketones is 1. The molecule has 1 saturated carbocycles. The van der Waals surface area contributed by atoms with E-state index < -0.39 is 0 Å². The van der Waals surface area contributed by atoms with E-state index >= 15 is 0 Å². The van der Waals surface area contributed by atoms with Gasteiger partial charge >= 0.3 is 0 Å². The number of rotatable bonds is 6. The zero-order valence-electron chi connectivity index (χ0n) is 24.2. The number of hydrogen-bond acceptors (Lipinski definition) is 5. The predicted octanol–water partition coefficient (Wildman–Crippen LogP) is 6.94. The second kappa shape index (κ2) is 16.3. The summed E-state index contributed by atoms with van der Waals surface area (Å²) in [4.78, 5) is 24.8. The number of hydrogen-bond donors (Lipinski definition) is 2. The van der Waals surface area contributed by atoms with E-state index in [-0.39, 0.29) is 11.3 Å². The molecule has 0 bridgehead atoms. The number of nitrogens with zero attached hydrogens (tertiary/aromatic N) is 2. The summed E-state index contributed by atoms with van der Waals surface area (Å²) in [5, 5.41) is 5.79. The minimum absolute atomic E-state index is 0.0764. The SMILES string of the molecule is CCC1CCCCCCC1.COc1ccc(Cn2cc(CC(C)=O)cn2)cc1.Nc1ccc2c(=O)[nH]ccc2c1. The number of fused-ring (bicyclic) bond motifs is 1. The number of aromatic nitrogens is 3. The third-order valence-corrected chi connectivity index (χ3v) is 7.24. The zero-order valence-corrected chi connectivity index (χ0v) is 24.2. The monoisotopic (exact) mass is 544 g/mol. The quantitative estimate of drug-likeness (QED) is 0.256. The lowest BCUT2D eigenvalue weighted by atomic mass is 9.90. The number of methoxy groups -OCH3 is 1. The number of anilines is 1. The van der Waals surface area contributed by atoms with Gasteiger partial charge in [-0.1, -0.05) is 70.4 Å².